The van der Waals surface area contributed by atoms with Crippen LogP contribution in [0, 0.1) is 5.92 Å². The Bertz CT molecular complexity index is 898. The minimum absolute atomic E-state index is 0.00332. The second-order valence-electron chi connectivity index (χ2n) is 8.87. The topological polar surface area (TPSA) is 100 Å². The molecule has 7 heteroatoms. The summed E-state index contributed by atoms with van der Waals surface area (Å²) in [5, 5.41) is 6.52. The van der Waals surface area contributed by atoms with Gasteiger partial charge in [0.2, 0.25) is 11.8 Å². The van der Waals surface area contributed by atoms with Crippen LogP contribution in [-0.4, -0.2) is 41.5 Å². The van der Waals surface area contributed by atoms with Gasteiger partial charge in [-0.1, -0.05) is 38.0 Å². The maximum absolute atomic E-state index is 13.1. The molecule has 2 amide bonds. The van der Waals surface area contributed by atoms with Crippen LogP contribution in [0.25, 0.3) is 10.9 Å². The van der Waals surface area contributed by atoms with Crippen LogP contribution in [0.15, 0.2) is 30.5 Å². The minimum Gasteiger partial charge on any atom is -0.460 e. The molecular formula is C24H35N3O4. The monoisotopic (exact) mass is 429 g/mol. The normalized spacial score (nSPS) is 13.5. The predicted octanol–water partition coefficient (Wildman–Crippen LogP) is 3.48. The number of likely N-dealkylation sites (N-methyl/N-ethyl adjacent to an activating group) is 1. The van der Waals surface area contributed by atoms with Crippen LogP contribution >= 0.6 is 0 Å². The van der Waals surface area contributed by atoms with Crippen LogP contribution in [0.1, 0.15) is 58.9 Å². The lowest BCUT2D eigenvalue weighted by atomic mass is 9.96. The first-order valence-corrected chi connectivity index (χ1v) is 10.9. The number of unbranched alkanes of at least 4 members (excludes halogenated alkanes) is 1. The third-order valence-electron chi connectivity index (χ3n) is 5.09. The Labute approximate surface area is 184 Å². The van der Waals surface area contributed by atoms with Crippen molar-refractivity contribution < 1.29 is 19.1 Å². The van der Waals surface area contributed by atoms with Gasteiger partial charge in [0.15, 0.2) is 0 Å². The van der Waals surface area contributed by atoms with E-state index >= 15 is 0 Å². The maximum atomic E-state index is 13.1. The van der Waals surface area contributed by atoms with E-state index in [1.807, 2.05) is 37.4 Å². The van der Waals surface area contributed by atoms with E-state index in [-0.39, 0.29) is 18.2 Å². The smallest absolute Gasteiger partial charge is 0.307 e. The summed E-state index contributed by atoms with van der Waals surface area (Å²) >= 11 is 0. The molecule has 1 heterocycles. The fraction of sp³-hybridized carbons (Fsp3) is 0.542. The number of aromatic amines is 1. The number of rotatable bonds is 10. The second-order valence-corrected chi connectivity index (χ2v) is 8.87. The number of nitrogens with one attached hydrogen (secondary N) is 3. The fourth-order valence-corrected chi connectivity index (χ4v) is 3.55. The zero-order valence-corrected chi connectivity index (χ0v) is 19.2. The van der Waals surface area contributed by atoms with Crippen molar-refractivity contribution in [3.05, 3.63) is 36.0 Å². The van der Waals surface area contributed by atoms with Gasteiger partial charge in [0.05, 0.1) is 6.42 Å². The molecule has 0 aliphatic carbocycles. The summed E-state index contributed by atoms with van der Waals surface area (Å²) in [5.41, 5.74) is 1.31. The average Bonchev–Trinajstić information content (AvgIpc) is 3.11. The number of hydrogen-bond donors (Lipinski definition) is 3. The number of H-pyrrole nitrogens is 1. The van der Waals surface area contributed by atoms with E-state index in [0.717, 1.165) is 29.3 Å². The van der Waals surface area contributed by atoms with Crippen LogP contribution in [0.2, 0.25) is 0 Å². The van der Waals surface area contributed by atoms with Crippen molar-refractivity contribution >= 4 is 28.7 Å². The molecule has 2 atom stereocenters. The van der Waals surface area contributed by atoms with Gasteiger partial charge in [-0.05, 0) is 38.8 Å². The Morgan fingerprint density at radius 1 is 1.13 bits per heavy atom. The van der Waals surface area contributed by atoms with Crippen molar-refractivity contribution in [1.29, 1.82) is 0 Å². The Morgan fingerprint density at radius 3 is 2.48 bits per heavy atom. The summed E-state index contributed by atoms with van der Waals surface area (Å²) in [6.45, 7) is 7.44. The minimum atomic E-state index is -0.737. The molecule has 0 fully saturated rings. The Morgan fingerprint density at radius 2 is 1.84 bits per heavy atom. The molecule has 0 radical (unpaired) electrons. The number of amides is 2. The average molecular weight is 430 g/mol. The van der Waals surface area contributed by atoms with Crippen LogP contribution in [-0.2, 0) is 25.5 Å². The first-order chi connectivity index (χ1) is 14.6. The number of hydrogen-bond acceptors (Lipinski definition) is 4. The number of para-hydroxylation sites is 1. The number of carbonyl (C=O) groups is 3. The molecule has 0 aliphatic heterocycles. The van der Waals surface area contributed by atoms with Gasteiger partial charge in [-0.2, -0.15) is 0 Å². The molecule has 7 nitrogen and oxygen atoms in total. The molecule has 2 rings (SSSR count). The summed E-state index contributed by atoms with van der Waals surface area (Å²) in [5.74, 6) is -1.51. The lowest BCUT2D eigenvalue weighted by Crippen LogP contribution is -2.49. The van der Waals surface area contributed by atoms with Gasteiger partial charge in [-0.25, -0.2) is 0 Å². The number of fused-ring (bicyclic) bond motifs is 1. The van der Waals surface area contributed by atoms with Crippen molar-refractivity contribution in [3.8, 4) is 0 Å². The molecule has 0 spiro atoms. The van der Waals surface area contributed by atoms with E-state index in [1.54, 1.807) is 27.8 Å². The number of benzene rings is 1. The van der Waals surface area contributed by atoms with E-state index in [2.05, 4.69) is 15.6 Å². The highest BCUT2D eigenvalue weighted by Crippen LogP contribution is 2.21. The fourth-order valence-electron chi connectivity index (χ4n) is 3.55. The van der Waals surface area contributed by atoms with Gasteiger partial charge in [0, 0.05) is 36.5 Å². The van der Waals surface area contributed by atoms with Crippen LogP contribution in [0.3, 0.4) is 0 Å². The van der Waals surface area contributed by atoms with Gasteiger partial charge >= 0.3 is 5.97 Å². The number of esters is 1. The van der Waals surface area contributed by atoms with E-state index in [1.165, 1.54) is 0 Å². The van der Waals surface area contributed by atoms with Gasteiger partial charge in [-0.3, -0.25) is 14.4 Å². The first-order valence-electron chi connectivity index (χ1n) is 10.9. The standard InChI is InChI=1S/C24H35N3O4/c1-6-7-10-16(14-21(28)31-24(2,3)4)22(29)27-20(23(30)25-5)13-17-15-26-19-12-9-8-11-18(17)19/h8-9,11-12,15-16,20,26H,6-7,10,13-14H2,1-5H3,(H,25,30)(H,27,29)/t16-,20+/m1/s1. The first kappa shape index (κ1) is 24.4. The van der Waals surface area contributed by atoms with Gasteiger partial charge in [0.25, 0.3) is 0 Å². The highest BCUT2D eigenvalue weighted by molar-refractivity contribution is 5.91. The van der Waals surface area contributed by atoms with E-state index in [4.69, 9.17) is 4.74 Å². The van der Waals surface area contributed by atoms with Gasteiger partial charge in [0.1, 0.15) is 11.6 Å². The number of ether oxygens (including phenoxy) is 1. The highest BCUT2D eigenvalue weighted by atomic mass is 16.6. The molecule has 0 saturated heterocycles. The molecule has 170 valence electrons. The van der Waals surface area contributed by atoms with Crippen molar-refractivity contribution in [1.82, 2.24) is 15.6 Å². The Kier molecular flexibility index (Phi) is 8.65. The molecule has 0 bridgehead atoms. The SMILES string of the molecule is CCCC[C@H](CC(=O)OC(C)(C)C)C(=O)N[C@@H](Cc1c[nH]c2ccccc12)C(=O)NC. The number of aromatic nitrogens is 1. The third kappa shape index (κ3) is 7.42. The van der Waals surface area contributed by atoms with E-state index < -0.39 is 23.5 Å². The number of carbonyl (C=O) groups excluding carboxylic acids is 3. The molecule has 2 aromatic rings. The maximum Gasteiger partial charge on any atom is 0.307 e. The molecule has 1 aromatic carbocycles. The lowest BCUT2D eigenvalue weighted by Gasteiger charge is -2.24. The summed E-state index contributed by atoms with van der Waals surface area (Å²) in [6, 6.07) is 7.09. The van der Waals surface area contributed by atoms with Gasteiger partial charge in [-0.15, -0.1) is 0 Å². The molecule has 0 saturated carbocycles. The van der Waals surface area contributed by atoms with Crippen LogP contribution in [0.4, 0.5) is 0 Å². The molecule has 3 N–H and O–H groups in total. The summed E-state index contributed by atoms with van der Waals surface area (Å²) in [6.07, 6.45) is 4.50. The van der Waals surface area contributed by atoms with Crippen LogP contribution in [0.5, 0.6) is 0 Å². The van der Waals surface area contributed by atoms with Gasteiger partial charge < -0.3 is 20.4 Å². The quantitative estimate of drug-likeness (QED) is 0.503. The molecule has 0 aliphatic rings. The highest BCUT2D eigenvalue weighted by Gasteiger charge is 2.29. The van der Waals surface area contributed by atoms with Crippen molar-refractivity contribution in [2.45, 2.75) is 71.4 Å². The molecule has 1 aromatic heterocycles. The predicted molar refractivity (Wildman–Crippen MR) is 121 cm³/mol. The molecular weight excluding hydrogens is 394 g/mol. The van der Waals surface area contributed by atoms with Crippen LogP contribution < -0.4 is 10.6 Å². The zero-order valence-electron chi connectivity index (χ0n) is 19.2. The largest absolute Gasteiger partial charge is 0.460 e. The lowest BCUT2D eigenvalue weighted by molar-refractivity contribution is -0.157. The third-order valence-corrected chi connectivity index (χ3v) is 5.09. The summed E-state index contributed by atoms with van der Waals surface area (Å²) in [4.78, 5) is 41.1. The van der Waals surface area contributed by atoms with Crippen molar-refractivity contribution in [2.24, 2.45) is 5.92 Å². The molecule has 31 heavy (non-hydrogen) atoms. The van der Waals surface area contributed by atoms with E-state index in [9.17, 15) is 14.4 Å². The Hall–Kier alpha value is -2.83. The zero-order chi connectivity index (χ0) is 23.0. The summed E-state index contributed by atoms with van der Waals surface area (Å²) < 4.78 is 5.40. The van der Waals surface area contributed by atoms with Crippen molar-refractivity contribution in [2.75, 3.05) is 7.05 Å². The van der Waals surface area contributed by atoms with Crippen molar-refractivity contribution in [3.63, 3.8) is 0 Å². The molecule has 0 unspecified atom stereocenters. The summed E-state index contributed by atoms with van der Waals surface area (Å²) in [7, 11) is 1.55. The second kappa shape index (κ2) is 11.0. The van der Waals surface area contributed by atoms with E-state index in [0.29, 0.717) is 12.8 Å². The Balaban J connectivity index is 2.15.